The predicted molar refractivity (Wildman–Crippen MR) is 139 cm³/mol. The molecule has 180 valence electrons. The summed E-state index contributed by atoms with van der Waals surface area (Å²) in [7, 11) is 1.62. The molecule has 0 unspecified atom stereocenters. The Kier molecular flexibility index (Phi) is 5.68. The van der Waals surface area contributed by atoms with Crippen LogP contribution < -0.4 is 14.8 Å². The Bertz CT molecular complexity index is 1510. The second-order valence-electron chi connectivity index (χ2n) is 9.30. The molecule has 1 N–H and O–H groups in total. The van der Waals surface area contributed by atoms with E-state index < -0.39 is 0 Å². The third kappa shape index (κ3) is 3.91. The Morgan fingerprint density at radius 2 is 1.78 bits per heavy atom. The average Bonchev–Trinajstić information content (AvgIpc) is 2.91. The molecule has 1 atom stereocenters. The molecule has 0 aromatic heterocycles. The van der Waals surface area contributed by atoms with Crippen LogP contribution in [0.5, 0.6) is 11.5 Å². The van der Waals surface area contributed by atoms with Gasteiger partial charge in [-0.15, -0.1) is 0 Å². The van der Waals surface area contributed by atoms with Gasteiger partial charge in [0.25, 0.3) is 0 Å². The molecule has 4 aromatic rings. The number of rotatable bonds is 5. The number of anilines is 1. The first-order valence-corrected chi connectivity index (χ1v) is 12.2. The summed E-state index contributed by atoms with van der Waals surface area (Å²) in [5, 5.41) is 5.85. The summed E-state index contributed by atoms with van der Waals surface area (Å²) in [6.07, 6.45) is 2.28. The van der Waals surface area contributed by atoms with Gasteiger partial charge in [-0.3, -0.25) is 4.79 Å². The molecule has 0 radical (unpaired) electrons. The second-order valence-corrected chi connectivity index (χ2v) is 9.30. The zero-order valence-corrected chi connectivity index (χ0v) is 20.0. The first kappa shape index (κ1) is 22.4. The second kappa shape index (κ2) is 9.15. The lowest BCUT2D eigenvalue weighted by Crippen LogP contribution is -2.27. The van der Waals surface area contributed by atoms with Crippen LogP contribution in [0, 0.1) is 5.82 Å². The molecule has 5 heteroatoms. The number of nitrogens with one attached hydrogen (secondary N) is 1. The van der Waals surface area contributed by atoms with Crippen molar-refractivity contribution in [1.82, 2.24) is 0 Å². The van der Waals surface area contributed by atoms with Crippen LogP contribution in [0.4, 0.5) is 10.1 Å². The van der Waals surface area contributed by atoms with Crippen LogP contribution >= 0.6 is 0 Å². The molecule has 1 heterocycles. The van der Waals surface area contributed by atoms with Crippen molar-refractivity contribution in [2.24, 2.45) is 0 Å². The number of allylic oxidation sites excluding steroid dienone is 2. The van der Waals surface area contributed by atoms with Gasteiger partial charge in [0.15, 0.2) is 17.3 Å². The van der Waals surface area contributed by atoms with Gasteiger partial charge in [0, 0.05) is 29.3 Å². The Labute approximate surface area is 209 Å². The molecule has 1 aliphatic carbocycles. The van der Waals surface area contributed by atoms with Gasteiger partial charge in [-0.25, -0.2) is 4.39 Å². The maximum absolute atomic E-state index is 13.3. The first-order valence-electron chi connectivity index (χ1n) is 12.2. The number of carbonyl (C=O) groups excluding carboxylic acids is 1. The number of ketones is 1. The highest BCUT2D eigenvalue weighted by Crippen LogP contribution is 2.49. The smallest absolute Gasteiger partial charge is 0.161 e. The van der Waals surface area contributed by atoms with E-state index in [0.717, 1.165) is 57.3 Å². The number of Topliss-reactive ketones (excluding diaryl/α,β-unsaturated/α-hetero) is 1. The van der Waals surface area contributed by atoms with Crippen LogP contribution in [0.15, 0.2) is 90.1 Å². The highest BCUT2D eigenvalue weighted by molar-refractivity contribution is 6.04. The van der Waals surface area contributed by atoms with Gasteiger partial charge >= 0.3 is 0 Å². The van der Waals surface area contributed by atoms with Gasteiger partial charge in [0.05, 0.1) is 7.11 Å². The molecule has 0 amide bonds. The minimum absolute atomic E-state index is 0.197. The Hall–Kier alpha value is -4.12. The molecule has 0 spiro atoms. The number of methoxy groups -OCH3 is 1. The number of halogens is 1. The van der Waals surface area contributed by atoms with Gasteiger partial charge in [-0.1, -0.05) is 48.5 Å². The summed E-state index contributed by atoms with van der Waals surface area (Å²) in [4.78, 5) is 13.3. The lowest BCUT2D eigenvalue weighted by molar-refractivity contribution is -0.116. The van der Waals surface area contributed by atoms with Crippen LogP contribution in [0.25, 0.3) is 10.8 Å². The van der Waals surface area contributed by atoms with E-state index in [2.05, 4.69) is 29.6 Å². The highest BCUT2D eigenvalue weighted by atomic mass is 19.1. The van der Waals surface area contributed by atoms with Crippen molar-refractivity contribution in [3.05, 3.63) is 113 Å². The van der Waals surface area contributed by atoms with E-state index >= 15 is 0 Å². The molecule has 4 aromatic carbocycles. The summed E-state index contributed by atoms with van der Waals surface area (Å²) in [6.45, 7) is 0.296. The molecule has 6 rings (SSSR count). The number of hydrogen-bond donors (Lipinski definition) is 1. The van der Waals surface area contributed by atoms with E-state index in [1.807, 2.05) is 30.3 Å². The maximum Gasteiger partial charge on any atom is 0.161 e. The molecular formula is C31H26FNO3. The minimum Gasteiger partial charge on any atom is -0.493 e. The Morgan fingerprint density at radius 3 is 2.61 bits per heavy atom. The number of carbonyl (C=O) groups is 1. The van der Waals surface area contributed by atoms with E-state index in [9.17, 15) is 9.18 Å². The van der Waals surface area contributed by atoms with Gasteiger partial charge in [-0.2, -0.15) is 0 Å². The molecular weight excluding hydrogens is 453 g/mol. The Balaban J connectivity index is 1.44. The molecule has 0 saturated carbocycles. The summed E-state index contributed by atoms with van der Waals surface area (Å²) < 4.78 is 25.0. The number of benzene rings is 4. The number of hydrogen-bond acceptors (Lipinski definition) is 4. The zero-order chi connectivity index (χ0) is 24.6. The topological polar surface area (TPSA) is 47.6 Å². The first-order chi connectivity index (χ1) is 17.6. The summed E-state index contributed by atoms with van der Waals surface area (Å²) in [5.41, 5.74) is 5.89. The van der Waals surface area contributed by atoms with Crippen molar-refractivity contribution in [3.8, 4) is 11.5 Å². The molecule has 0 fully saturated rings. The van der Waals surface area contributed by atoms with Crippen LogP contribution in [0.2, 0.25) is 0 Å². The van der Waals surface area contributed by atoms with Crippen LogP contribution in [0.1, 0.15) is 41.9 Å². The molecule has 36 heavy (non-hydrogen) atoms. The van der Waals surface area contributed by atoms with Crippen LogP contribution in [-0.2, 0) is 11.4 Å². The summed E-state index contributed by atoms with van der Waals surface area (Å²) in [5.74, 6) is 0.918. The quantitative estimate of drug-likeness (QED) is 0.331. The van der Waals surface area contributed by atoms with Gasteiger partial charge < -0.3 is 14.8 Å². The van der Waals surface area contributed by atoms with E-state index in [0.29, 0.717) is 24.5 Å². The predicted octanol–water partition coefficient (Wildman–Crippen LogP) is 7.13. The lowest BCUT2D eigenvalue weighted by atomic mass is 9.74. The van der Waals surface area contributed by atoms with Crippen LogP contribution in [0.3, 0.4) is 0 Å². The Morgan fingerprint density at radius 1 is 0.944 bits per heavy atom. The normalized spacial score (nSPS) is 16.8. The zero-order valence-electron chi connectivity index (χ0n) is 20.0. The molecule has 0 bridgehead atoms. The van der Waals surface area contributed by atoms with E-state index in [1.165, 1.54) is 12.1 Å². The average molecular weight is 480 g/mol. The fourth-order valence-corrected chi connectivity index (χ4v) is 5.41. The van der Waals surface area contributed by atoms with E-state index in [1.54, 1.807) is 19.2 Å². The fraction of sp³-hybridized carbons (Fsp3) is 0.194. The van der Waals surface area contributed by atoms with Crippen molar-refractivity contribution in [1.29, 1.82) is 0 Å². The van der Waals surface area contributed by atoms with Crippen LogP contribution in [-0.4, -0.2) is 12.9 Å². The third-order valence-electron chi connectivity index (χ3n) is 7.12. The largest absolute Gasteiger partial charge is 0.493 e. The van der Waals surface area contributed by atoms with E-state index in [4.69, 9.17) is 9.47 Å². The number of fused-ring (bicyclic) bond motifs is 3. The van der Waals surface area contributed by atoms with Crippen molar-refractivity contribution < 1.29 is 18.7 Å². The van der Waals surface area contributed by atoms with Gasteiger partial charge in [0.2, 0.25) is 0 Å². The van der Waals surface area contributed by atoms with Gasteiger partial charge in [-0.05, 0) is 70.6 Å². The molecule has 0 saturated heterocycles. The van der Waals surface area contributed by atoms with Gasteiger partial charge in [0.1, 0.15) is 12.4 Å². The van der Waals surface area contributed by atoms with Crippen molar-refractivity contribution in [2.75, 3.05) is 12.4 Å². The summed E-state index contributed by atoms with van der Waals surface area (Å²) in [6, 6.07) is 24.7. The third-order valence-corrected chi connectivity index (χ3v) is 7.12. The van der Waals surface area contributed by atoms with Crippen molar-refractivity contribution in [2.45, 2.75) is 31.8 Å². The molecule has 4 nitrogen and oxygen atoms in total. The monoisotopic (exact) mass is 479 g/mol. The molecule has 1 aliphatic heterocycles. The maximum atomic E-state index is 13.3. The summed E-state index contributed by atoms with van der Waals surface area (Å²) >= 11 is 0. The lowest BCUT2D eigenvalue weighted by Gasteiger charge is -2.35. The number of ether oxygens (including phenoxy) is 2. The highest BCUT2D eigenvalue weighted by Gasteiger charge is 2.36. The standard InChI is InChI=1S/C31H26FNO3/c1-35-28-17-21(12-16-27(28)36-18-19-9-13-22(32)14-10-19)29-30-23-6-3-2-5-20(23)11-15-25(30)33-24-7-4-8-26(34)31(24)29/h2-3,5-6,9-17,29,33H,4,7-8,18H2,1H3/t29-/m1/s1. The minimum atomic E-state index is -0.276. The SMILES string of the molecule is COc1cc([C@H]2C3=C(CCCC3=O)Nc3ccc4ccccc4c32)ccc1OCc1ccc(F)cc1. The molecule has 2 aliphatic rings. The van der Waals surface area contributed by atoms with E-state index in [-0.39, 0.29) is 17.5 Å². The fourth-order valence-electron chi connectivity index (χ4n) is 5.41. The van der Waals surface area contributed by atoms with Crippen molar-refractivity contribution >= 4 is 22.2 Å². The van der Waals surface area contributed by atoms with Crippen molar-refractivity contribution in [3.63, 3.8) is 0 Å².